The highest BCUT2D eigenvalue weighted by atomic mass is 35.5. The first-order valence-electron chi connectivity index (χ1n) is 5.77. The van der Waals surface area contributed by atoms with Crippen LogP contribution in [0.1, 0.15) is 5.56 Å². The molecule has 0 spiro atoms. The van der Waals surface area contributed by atoms with Gasteiger partial charge < -0.3 is 4.74 Å². The van der Waals surface area contributed by atoms with E-state index in [1.807, 2.05) is 36.4 Å². The van der Waals surface area contributed by atoms with Crippen LogP contribution in [-0.4, -0.2) is 17.5 Å². The van der Waals surface area contributed by atoms with Crippen LogP contribution in [0.25, 0.3) is 0 Å². The number of nitrogens with zero attached hydrogens (tertiary/aromatic N) is 2. The summed E-state index contributed by atoms with van der Waals surface area (Å²) in [4.78, 5) is 17.8. The first-order chi connectivity index (χ1) is 8.84. The first-order valence-corrected chi connectivity index (χ1v) is 5.77. The summed E-state index contributed by atoms with van der Waals surface area (Å²) in [6.07, 6.45) is 1.67. The largest absolute Gasteiger partial charge is 0.480 e. The summed E-state index contributed by atoms with van der Waals surface area (Å²) >= 11 is 0. The van der Waals surface area contributed by atoms with E-state index >= 15 is 0 Å². The molecule has 3 rings (SSSR count). The molecule has 0 fully saturated rings. The average Bonchev–Trinajstić information content (AvgIpc) is 2.43. The highest BCUT2D eigenvalue weighted by Crippen LogP contribution is 2.29. The van der Waals surface area contributed by atoms with Gasteiger partial charge >= 0.3 is 0 Å². The van der Waals surface area contributed by atoms with Gasteiger partial charge in [0.05, 0.1) is 6.54 Å². The van der Waals surface area contributed by atoms with Crippen LogP contribution < -0.4 is 9.64 Å². The van der Waals surface area contributed by atoms with E-state index in [1.165, 1.54) is 0 Å². The zero-order chi connectivity index (χ0) is 12.4. The Balaban J connectivity index is 0.00000133. The molecule has 0 unspecified atom stereocenters. The van der Waals surface area contributed by atoms with Crippen LogP contribution in [0.5, 0.6) is 5.75 Å². The van der Waals surface area contributed by atoms with Gasteiger partial charge in [0.25, 0.3) is 5.91 Å². The number of hydrogen-bond donors (Lipinski definition) is 0. The van der Waals surface area contributed by atoms with Crippen molar-refractivity contribution >= 4 is 24.1 Å². The second-order valence-corrected chi connectivity index (χ2v) is 4.08. The van der Waals surface area contributed by atoms with Crippen LogP contribution in [0.15, 0.2) is 48.7 Å². The van der Waals surface area contributed by atoms with Crippen molar-refractivity contribution in [2.45, 2.75) is 6.54 Å². The molecule has 1 aliphatic rings. The minimum atomic E-state index is -0.0648. The zero-order valence-corrected chi connectivity index (χ0v) is 11.0. The number of pyridine rings is 1. The Bertz CT molecular complexity index is 575. The van der Waals surface area contributed by atoms with E-state index in [1.54, 1.807) is 17.2 Å². The minimum Gasteiger partial charge on any atom is -0.480 e. The van der Waals surface area contributed by atoms with Gasteiger partial charge in [-0.2, -0.15) is 0 Å². The Labute approximate surface area is 117 Å². The van der Waals surface area contributed by atoms with E-state index < -0.39 is 0 Å². The van der Waals surface area contributed by atoms with Crippen LogP contribution in [-0.2, 0) is 11.3 Å². The van der Waals surface area contributed by atoms with Gasteiger partial charge in [0, 0.05) is 6.20 Å². The molecule has 2 aromatic rings. The molecule has 19 heavy (non-hydrogen) atoms. The van der Waals surface area contributed by atoms with E-state index in [0.29, 0.717) is 18.1 Å². The Morgan fingerprint density at radius 3 is 2.74 bits per heavy atom. The third-order valence-corrected chi connectivity index (χ3v) is 2.84. The standard InChI is InChI=1S/C14H12N2O2.ClH/c17-13-10-18-12-7-4-8-15-14(12)16(13)9-11-5-2-1-3-6-11;/h1-8H,9-10H2;1H. The van der Waals surface area contributed by atoms with Crippen molar-refractivity contribution in [2.75, 3.05) is 11.5 Å². The van der Waals surface area contributed by atoms with Gasteiger partial charge in [-0.15, -0.1) is 12.4 Å². The van der Waals surface area contributed by atoms with Crippen LogP contribution >= 0.6 is 12.4 Å². The SMILES string of the molecule is Cl.O=C1COc2cccnc2N1Cc1ccccc1. The fraction of sp³-hybridized carbons (Fsp3) is 0.143. The van der Waals surface area contributed by atoms with Gasteiger partial charge in [0.2, 0.25) is 0 Å². The highest BCUT2D eigenvalue weighted by molar-refractivity contribution is 5.96. The number of carbonyl (C=O) groups is 1. The van der Waals surface area contributed by atoms with Crippen LogP contribution in [0.4, 0.5) is 5.82 Å². The van der Waals surface area contributed by atoms with Crippen molar-refractivity contribution in [3.63, 3.8) is 0 Å². The molecule has 1 aromatic heterocycles. The second-order valence-electron chi connectivity index (χ2n) is 4.08. The van der Waals surface area contributed by atoms with Crippen molar-refractivity contribution in [3.8, 4) is 5.75 Å². The van der Waals surface area contributed by atoms with E-state index in [4.69, 9.17) is 4.74 Å². The van der Waals surface area contributed by atoms with Gasteiger partial charge in [-0.05, 0) is 17.7 Å². The van der Waals surface area contributed by atoms with Crippen molar-refractivity contribution in [1.29, 1.82) is 0 Å². The van der Waals surface area contributed by atoms with Gasteiger partial charge in [-0.3, -0.25) is 9.69 Å². The summed E-state index contributed by atoms with van der Waals surface area (Å²) < 4.78 is 5.35. The van der Waals surface area contributed by atoms with E-state index in [9.17, 15) is 4.79 Å². The smallest absolute Gasteiger partial charge is 0.266 e. The molecule has 1 amide bonds. The number of amides is 1. The number of fused-ring (bicyclic) bond motifs is 1. The fourth-order valence-electron chi connectivity index (χ4n) is 1.96. The predicted octanol–water partition coefficient (Wildman–Crippen LogP) is 2.43. The topological polar surface area (TPSA) is 42.4 Å². The van der Waals surface area contributed by atoms with E-state index in [2.05, 4.69) is 4.98 Å². The monoisotopic (exact) mass is 276 g/mol. The number of anilines is 1. The quantitative estimate of drug-likeness (QED) is 0.846. The van der Waals surface area contributed by atoms with E-state index in [0.717, 1.165) is 5.56 Å². The summed E-state index contributed by atoms with van der Waals surface area (Å²) in [6.45, 7) is 0.596. The number of halogens is 1. The molecule has 0 radical (unpaired) electrons. The van der Waals surface area contributed by atoms with E-state index in [-0.39, 0.29) is 24.9 Å². The normalized spacial score (nSPS) is 13.3. The molecular weight excluding hydrogens is 264 g/mol. The molecule has 4 nitrogen and oxygen atoms in total. The maximum absolute atomic E-state index is 11.9. The number of rotatable bonds is 2. The molecular formula is C14H13ClN2O2. The lowest BCUT2D eigenvalue weighted by Crippen LogP contribution is -2.38. The summed E-state index contributed by atoms with van der Waals surface area (Å²) in [7, 11) is 0. The molecule has 5 heteroatoms. The number of aromatic nitrogens is 1. The third kappa shape index (κ3) is 2.69. The summed E-state index contributed by atoms with van der Waals surface area (Å²) in [6, 6.07) is 13.5. The number of hydrogen-bond acceptors (Lipinski definition) is 3. The molecule has 0 atom stereocenters. The maximum atomic E-state index is 11.9. The fourth-order valence-corrected chi connectivity index (χ4v) is 1.96. The maximum Gasteiger partial charge on any atom is 0.266 e. The molecule has 1 aliphatic heterocycles. The number of carbonyl (C=O) groups excluding carboxylic acids is 1. The van der Waals surface area contributed by atoms with Crippen molar-refractivity contribution < 1.29 is 9.53 Å². The third-order valence-electron chi connectivity index (χ3n) is 2.84. The molecule has 0 saturated carbocycles. The Hall–Kier alpha value is -2.07. The average molecular weight is 277 g/mol. The molecule has 2 heterocycles. The van der Waals surface area contributed by atoms with Crippen LogP contribution in [0.2, 0.25) is 0 Å². The summed E-state index contributed by atoms with van der Waals surface area (Å²) in [5.74, 6) is 1.19. The van der Waals surface area contributed by atoms with Crippen molar-refractivity contribution in [2.24, 2.45) is 0 Å². The predicted molar refractivity (Wildman–Crippen MR) is 74.6 cm³/mol. The minimum absolute atomic E-state index is 0. The molecule has 0 bridgehead atoms. The highest BCUT2D eigenvalue weighted by Gasteiger charge is 2.26. The van der Waals surface area contributed by atoms with Gasteiger partial charge in [-0.25, -0.2) is 4.98 Å². The number of benzene rings is 1. The lowest BCUT2D eigenvalue weighted by atomic mass is 10.2. The Kier molecular flexibility index (Phi) is 4.02. The molecule has 0 aliphatic carbocycles. The second kappa shape index (κ2) is 5.71. The van der Waals surface area contributed by atoms with Crippen LogP contribution in [0, 0.1) is 0 Å². The van der Waals surface area contributed by atoms with Crippen molar-refractivity contribution in [3.05, 3.63) is 54.2 Å². The van der Waals surface area contributed by atoms with Gasteiger partial charge in [0.15, 0.2) is 18.2 Å². The van der Waals surface area contributed by atoms with Crippen molar-refractivity contribution in [1.82, 2.24) is 4.98 Å². The number of ether oxygens (including phenoxy) is 1. The van der Waals surface area contributed by atoms with Gasteiger partial charge in [0.1, 0.15) is 0 Å². The molecule has 1 aromatic carbocycles. The molecule has 0 N–H and O–H groups in total. The summed E-state index contributed by atoms with van der Waals surface area (Å²) in [5, 5.41) is 0. The zero-order valence-electron chi connectivity index (χ0n) is 10.2. The first kappa shape index (κ1) is 13.4. The Morgan fingerprint density at radius 1 is 1.16 bits per heavy atom. The molecule has 98 valence electrons. The van der Waals surface area contributed by atoms with Crippen LogP contribution in [0.3, 0.4) is 0 Å². The molecule has 0 saturated heterocycles. The lowest BCUT2D eigenvalue weighted by molar-refractivity contribution is -0.121. The lowest BCUT2D eigenvalue weighted by Gasteiger charge is -2.28. The van der Waals surface area contributed by atoms with Gasteiger partial charge in [-0.1, -0.05) is 30.3 Å². The summed E-state index contributed by atoms with van der Waals surface area (Å²) in [5.41, 5.74) is 1.07. The Morgan fingerprint density at radius 2 is 1.95 bits per heavy atom.